The number of aromatic nitrogens is 1. The first-order valence-corrected chi connectivity index (χ1v) is 6.18. The maximum absolute atomic E-state index is 11.9. The molecule has 0 radical (unpaired) electrons. The van der Waals surface area contributed by atoms with Gasteiger partial charge in [0.15, 0.2) is 6.04 Å². The van der Waals surface area contributed by atoms with E-state index in [0.717, 1.165) is 4.47 Å². The number of hydrogen-bond acceptors (Lipinski definition) is 3. The lowest BCUT2D eigenvalue weighted by Gasteiger charge is -2.15. The Morgan fingerprint density at radius 1 is 1.50 bits per heavy atom. The average Bonchev–Trinajstić information content (AvgIpc) is 2.67. The van der Waals surface area contributed by atoms with Crippen LogP contribution in [0, 0.1) is 0 Å². The van der Waals surface area contributed by atoms with Crippen LogP contribution in [0.3, 0.4) is 0 Å². The zero-order valence-electron chi connectivity index (χ0n) is 10.1. The van der Waals surface area contributed by atoms with Crippen molar-refractivity contribution in [2.75, 3.05) is 6.61 Å². The molecule has 1 aromatic heterocycles. The van der Waals surface area contributed by atoms with Gasteiger partial charge in [-0.1, -0.05) is 0 Å². The summed E-state index contributed by atoms with van der Waals surface area (Å²) in [6.45, 7) is 3.17. The average molecular weight is 319 g/mol. The van der Waals surface area contributed by atoms with Gasteiger partial charge < -0.3 is 20.1 Å². The number of halogens is 1. The summed E-state index contributed by atoms with van der Waals surface area (Å²) in [6.07, 6.45) is 1.74. The summed E-state index contributed by atoms with van der Waals surface area (Å²) < 4.78 is 2.45. The van der Waals surface area contributed by atoms with Crippen molar-refractivity contribution >= 4 is 27.8 Å². The number of nitrogens with one attached hydrogen (secondary N) is 1. The summed E-state index contributed by atoms with van der Waals surface area (Å²) in [5.41, 5.74) is 0.344. The summed E-state index contributed by atoms with van der Waals surface area (Å²) in [6, 6.07) is 0.368. The first-order chi connectivity index (χ1) is 8.36. The second-order valence-electron chi connectivity index (χ2n) is 4.09. The second kappa shape index (κ2) is 6.01. The molecule has 1 atom stereocenters. The van der Waals surface area contributed by atoms with Crippen LogP contribution >= 0.6 is 15.9 Å². The molecule has 0 aromatic carbocycles. The normalized spacial score (nSPS) is 12.5. The van der Waals surface area contributed by atoms with Crippen LogP contribution in [0.2, 0.25) is 0 Å². The van der Waals surface area contributed by atoms with Gasteiger partial charge in [0.2, 0.25) is 0 Å². The standard InChI is InChI=1S/C11H15BrN2O4/c1-6(2)14-4-7(12)3-9(14)10(16)13-8(5-15)11(17)18/h3-4,6,8,15H,5H2,1-2H3,(H,13,16)(H,17,18)/t8-/m1/s1. The first-order valence-electron chi connectivity index (χ1n) is 5.38. The lowest BCUT2D eigenvalue weighted by molar-refractivity contribution is -0.140. The number of aliphatic hydroxyl groups excluding tert-OH is 1. The third-order valence-electron chi connectivity index (χ3n) is 2.39. The van der Waals surface area contributed by atoms with Gasteiger partial charge in [-0.15, -0.1) is 0 Å². The Hall–Kier alpha value is -1.34. The fourth-order valence-electron chi connectivity index (χ4n) is 1.47. The molecule has 0 spiro atoms. The molecule has 1 rings (SSSR count). The van der Waals surface area contributed by atoms with E-state index in [2.05, 4.69) is 21.2 Å². The number of carbonyl (C=O) groups excluding carboxylic acids is 1. The fraction of sp³-hybridized carbons (Fsp3) is 0.455. The van der Waals surface area contributed by atoms with Crippen molar-refractivity contribution in [1.29, 1.82) is 0 Å². The maximum Gasteiger partial charge on any atom is 0.328 e. The van der Waals surface area contributed by atoms with Gasteiger partial charge in [0.05, 0.1) is 6.61 Å². The highest BCUT2D eigenvalue weighted by Gasteiger charge is 2.22. The van der Waals surface area contributed by atoms with Crippen molar-refractivity contribution in [2.24, 2.45) is 0 Å². The number of carboxylic acids is 1. The number of rotatable bonds is 5. The molecule has 18 heavy (non-hydrogen) atoms. The van der Waals surface area contributed by atoms with E-state index < -0.39 is 24.5 Å². The molecule has 0 saturated heterocycles. The molecular weight excluding hydrogens is 304 g/mol. The van der Waals surface area contributed by atoms with Gasteiger partial charge in [-0.2, -0.15) is 0 Å². The Bertz CT molecular complexity index is 456. The molecule has 0 bridgehead atoms. The molecule has 7 heteroatoms. The molecule has 1 heterocycles. The highest BCUT2D eigenvalue weighted by atomic mass is 79.9. The third kappa shape index (κ3) is 3.33. The molecule has 100 valence electrons. The number of amides is 1. The van der Waals surface area contributed by atoms with Crippen LogP contribution in [0.5, 0.6) is 0 Å². The first kappa shape index (κ1) is 14.7. The summed E-state index contributed by atoms with van der Waals surface area (Å²) in [7, 11) is 0. The number of aliphatic hydroxyl groups is 1. The number of carbonyl (C=O) groups is 2. The molecule has 1 aromatic rings. The highest BCUT2D eigenvalue weighted by molar-refractivity contribution is 9.10. The van der Waals surface area contributed by atoms with E-state index in [4.69, 9.17) is 10.2 Å². The van der Waals surface area contributed by atoms with Crippen LogP contribution < -0.4 is 5.32 Å². The summed E-state index contributed by atoms with van der Waals surface area (Å²) in [5, 5.41) is 19.9. The number of nitrogens with zero attached hydrogens (tertiary/aromatic N) is 1. The van der Waals surface area contributed by atoms with Gasteiger partial charge in [-0.05, 0) is 35.8 Å². The Morgan fingerprint density at radius 2 is 2.11 bits per heavy atom. The molecular formula is C11H15BrN2O4. The Labute approximate surface area is 113 Å². The van der Waals surface area contributed by atoms with Crippen molar-refractivity contribution in [1.82, 2.24) is 9.88 Å². The van der Waals surface area contributed by atoms with Crippen molar-refractivity contribution in [3.8, 4) is 0 Å². The quantitative estimate of drug-likeness (QED) is 0.755. The molecule has 0 fully saturated rings. The maximum atomic E-state index is 11.9. The SMILES string of the molecule is CC(C)n1cc(Br)cc1C(=O)N[C@H](CO)C(=O)O. The Kier molecular flexibility index (Phi) is 4.92. The van der Waals surface area contributed by atoms with Crippen LogP contribution in [0.1, 0.15) is 30.4 Å². The van der Waals surface area contributed by atoms with Gasteiger partial charge in [-0.25, -0.2) is 4.79 Å². The van der Waals surface area contributed by atoms with Crippen LogP contribution in [-0.4, -0.2) is 39.3 Å². The highest BCUT2D eigenvalue weighted by Crippen LogP contribution is 2.19. The van der Waals surface area contributed by atoms with Crippen molar-refractivity contribution in [3.63, 3.8) is 0 Å². The lowest BCUT2D eigenvalue weighted by Crippen LogP contribution is -2.43. The van der Waals surface area contributed by atoms with Crippen molar-refractivity contribution < 1.29 is 19.8 Å². The Morgan fingerprint density at radius 3 is 2.56 bits per heavy atom. The molecule has 0 saturated carbocycles. The van der Waals surface area contributed by atoms with Crippen LogP contribution in [0.25, 0.3) is 0 Å². The van der Waals surface area contributed by atoms with E-state index in [1.165, 1.54) is 0 Å². The molecule has 0 aliphatic rings. The van der Waals surface area contributed by atoms with E-state index in [9.17, 15) is 9.59 Å². The topological polar surface area (TPSA) is 91.6 Å². The molecule has 0 aliphatic carbocycles. The van der Waals surface area contributed by atoms with Gasteiger partial charge in [0, 0.05) is 16.7 Å². The largest absolute Gasteiger partial charge is 0.480 e. The van der Waals surface area contributed by atoms with Gasteiger partial charge in [0.25, 0.3) is 5.91 Å². The predicted octanol–water partition coefficient (Wildman–Crippen LogP) is 1.01. The smallest absolute Gasteiger partial charge is 0.328 e. The minimum Gasteiger partial charge on any atom is -0.480 e. The van der Waals surface area contributed by atoms with Gasteiger partial charge in [-0.3, -0.25) is 4.79 Å². The number of carboxylic acid groups (broad SMARTS) is 1. The van der Waals surface area contributed by atoms with Crippen molar-refractivity contribution in [3.05, 3.63) is 22.4 Å². The number of hydrogen-bond donors (Lipinski definition) is 3. The van der Waals surface area contributed by atoms with E-state index in [1.54, 1.807) is 16.8 Å². The molecule has 1 amide bonds. The van der Waals surface area contributed by atoms with Gasteiger partial charge in [0.1, 0.15) is 5.69 Å². The summed E-state index contributed by atoms with van der Waals surface area (Å²) >= 11 is 3.27. The van der Waals surface area contributed by atoms with E-state index in [-0.39, 0.29) is 6.04 Å². The summed E-state index contributed by atoms with van der Waals surface area (Å²) in [4.78, 5) is 22.7. The monoisotopic (exact) mass is 318 g/mol. The Balaban J connectivity index is 2.93. The summed E-state index contributed by atoms with van der Waals surface area (Å²) in [5.74, 6) is -1.80. The molecule has 0 unspecified atom stereocenters. The van der Waals surface area contributed by atoms with E-state index in [0.29, 0.717) is 5.69 Å². The minimum atomic E-state index is -1.30. The van der Waals surface area contributed by atoms with E-state index >= 15 is 0 Å². The zero-order chi connectivity index (χ0) is 13.9. The fourth-order valence-corrected chi connectivity index (χ4v) is 1.91. The van der Waals surface area contributed by atoms with Crippen molar-refractivity contribution in [2.45, 2.75) is 25.9 Å². The zero-order valence-corrected chi connectivity index (χ0v) is 11.6. The minimum absolute atomic E-state index is 0.0643. The molecule has 6 nitrogen and oxygen atoms in total. The van der Waals surface area contributed by atoms with Crippen LogP contribution in [0.4, 0.5) is 0 Å². The number of aliphatic carboxylic acids is 1. The van der Waals surface area contributed by atoms with Crippen LogP contribution in [0.15, 0.2) is 16.7 Å². The predicted molar refractivity (Wildman–Crippen MR) is 68.5 cm³/mol. The second-order valence-corrected chi connectivity index (χ2v) is 5.01. The van der Waals surface area contributed by atoms with Gasteiger partial charge >= 0.3 is 5.97 Å². The third-order valence-corrected chi connectivity index (χ3v) is 2.82. The molecule has 0 aliphatic heterocycles. The van der Waals surface area contributed by atoms with E-state index in [1.807, 2.05) is 13.8 Å². The molecule has 3 N–H and O–H groups in total. The lowest BCUT2D eigenvalue weighted by atomic mass is 10.3. The van der Waals surface area contributed by atoms with Crippen LogP contribution in [-0.2, 0) is 4.79 Å².